The Bertz CT molecular complexity index is 1210. The first-order valence-corrected chi connectivity index (χ1v) is 11.5. The summed E-state index contributed by atoms with van der Waals surface area (Å²) in [7, 11) is 0. The molecule has 3 rings (SSSR count). The summed E-state index contributed by atoms with van der Waals surface area (Å²) in [5.41, 5.74) is 0.0401. The number of hydrogen-bond donors (Lipinski definition) is 3. The SMILES string of the molecule is CC(=O)Oc1cc2c(c(Sc3ccccc3)c1OC(C)=O)CCC(C)(C(=CC(=O)O)C(=O)O)CN2. The van der Waals surface area contributed by atoms with Crippen molar-refractivity contribution in [3.63, 3.8) is 0 Å². The van der Waals surface area contributed by atoms with Crippen molar-refractivity contribution in [2.75, 3.05) is 11.9 Å². The van der Waals surface area contributed by atoms with Crippen LogP contribution in [0, 0.1) is 5.41 Å². The van der Waals surface area contributed by atoms with Crippen molar-refractivity contribution >= 4 is 41.3 Å². The average molecular weight is 500 g/mol. The molecule has 0 spiro atoms. The van der Waals surface area contributed by atoms with Crippen molar-refractivity contribution in [2.45, 2.75) is 43.4 Å². The number of esters is 2. The number of carbonyl (C=O) groups is 4. The number of anilines is 1. The van der Waals surface area contributed by atoms with E-state index in [1.54, 1.807) is 6.92 Å². The number of aliphatic carboxylic acids is 2. The smallest absolute Gasteiger partial charge is 0.332 e. The van der Waals surface area contributed by atoms with Gasteiger partial charge in [0.1, 0.15) is 0 Å². The lowest BCUT2D eigenvalue weighted by molar-refractivity contribution is -0.136. The van der Waals surface area contributed by atoms with E-state index in [4.69, 9.17) is 9.47 Å². The number of nitrogens with one attached hydrogen (secondary N) is 1. The first-order chi connectivity index (χ1) is 16.5. The van der Waals surface area contributed by atoms with Crippen molar-refractivity contribution < 1.29 is 38.9 Å². The van der Waals surface area contributed by atoms with E-state index in [-0.39, 0.29) is 23.6 Å². The summed E-state index contributed by atoms with van der Waals surface area (Å²) in [5, 5.41) is 22.1. The van der Waals surface area contributed by atoms with Gasteiger partial charge in [0, 0.05) is 48.5 Å². The Kier molecular flexibility index (Phi) is 7.85. The Labute approximate surface area is 206 Å². The van der Waals surface area contributed by atoms with Gasteiger partial charge in [0.05, 0.1) is 10.5 Å². The van der Waals surface area contributed by atoms with Crippen molar-refractivity contribution in [3.8, 4) is 11.5 Å². The van der Waals surface area contributed by atoms with Gasteiger partial charge in [0.25, 0.3) is 0 Å². The zero-order valence-electron chi connectivity index (χ0n) is 19.4. The predicted molar refractivity (Wildman–Crippen MR) is 128 cm³/mol. The van der Waals surface area contributed by atoms with Gasteiger partial charge in [0.2, 0.25) is 0 Å². The number of rotatable bonds is 7. The molecule has 1 atom stereocenters. The van der Waals surface area contributed by atoms with E-state index in [9.17, 15) is 29.4 Å². The fourth-order valence-corrected chi connectivity index (χ4v) is 4.97. The molecule has 3 N–H and O–H groups in total. The Balaban J connectivity index is 2.17. The van der Waals surface area contributed by atoms with E-state index in [0.29, 0.717) is 29.5 Å². The van der Waals surface area contributed by atoms with E-state index in [0.717, 1.165) is 10.5 Å². The zero-order valence-corrected chi connectivity index (χ0v) is 20.2. The fraction of sp³-hybridized carbons (Fsp3) is 0.280. The van der Waals surface area contributed by atoms with Crippen LogP contribution in [0.2, 0.25) is 0 Å². The second kappa shape index (κ2) is 10.6. The second-order valence-electron chi connectivity index (χ2n) is 8.28. The highest BCUT2D eigenvalue weighted by molar-refractivity contribution is 7.99. The van der Waals surface area contributed by atoms with Crippen LogP contribution in [-0.4, -0.2) is 40.6 Å². The molecule has 2 aromatic rings. The van der Waals surface area contributed by atoms with Crippen LogP contribution in [0.25, 0.3) is 0 Å². The van der Waals surface area contributed by atoms with Crippen LogP contribution in [0.4, 0.5) is 5.69 Å². The first kappa shape index (κ1) is 25.8. The third-order valence-electron chi connectivity index (χ3n) is 5.51. The van der Waals surface area contributed by atoms with E-state index in [1.165, 1.54) is 31.7 Å². The Morgan fingerprint density at radius 2 is 1.71 bits per heavy atom. The van der Waals surface area contributed by atoms with Crippen LogP contribution in [0.15, 0.2) is 57.8 Å². The molecule has 0 bridgehead atoms. The summed E-state index contributed by atoms with van der Waals surface area (Å²) < 4.78 is 10.9. The maximum atomic E-state index is 11.9. The lowest BCUT2D eigenvalue weighted by Gasteiger charge is -2.28. The molecular formula is C25H25NO8S. The van der Waals surface area contributed by atoms with E-state index >= 15 is 0 Å². The molecular weight excluding hydrogens is 474 g/mol. The molecule has 0 aromatic heterocycles. The summed E-state index contributed by atoms with van der Waals surface area (Å²) in [6.45, 7) is 4.27. The van der Waals surface area contributed by atoms with E-state index in [1.807, 2.05) is 30.3 Å². The molecule has 0 saturated heterocycles. The number of carbonyl (C=O) groups excluding carboxylic acids is 2. The summed E-state index contributed by atoms with van der Waals surface area (Å²) >= 11 is 1.31. The highest BCUT2D eigenvalue weighted by Crippen LogP contribution is 2.49. The standard InChI is InChI=1S/C25H25NO8S/c1-14(27)33-20-12-19-17(9-10-25(3,13-26-19)18(24(31)32)11-21(29)30)23(22(20)34-15(2)28)35-16-7-5-4-6-8-16/h4-8,11-12,26H,9-10,13H2,1-3H3,(H,29,30)(H,31,32). The van der Waals surface area contributed by atoms with Crippen LogP contribution < -0.4 is 14.8 Å². The molecule has 1 unspecified atom stereocenters. The number of carboxylic acids is 2. The number of benzene rings is 2. The molecule has 9 nitrogen and oxygen atoms in total. The minimum absolute atomic E-state index is 0.0421. The Morgan fingerprint density at radius 3 is 2.29 bits per heavy atom. The maximum absolute atomic E-state index is 11.9. The molecule has 1 aliphatic rings. The van der Waals surface area contributed by atoms with Crippen LogP contribution in [-0.2, 0) is 25.6 Å². The molecule has 0 fully saturated rings. The molecule has 0 amide bonds. The Hall–Kier alpha value is -3.79. The molecule has 1 heterocycles. The molecule has 0 aliphatic carbocycles. The average Bonchev–Trinajstić information content (AvgIpc) is 2.94. The molecule has 10 heteroatoms. The van der Waals surface area contributed by atoms with Crippen molar-refractivity contribution in [1.82, 2.24) is 0 Å². The van der Waals surface area contributed by atoms with Crippen LogP contribution in [0.5, 0.6) is 11.5 Å². The largest absolute Gasteiger partial charge is 0.478 e. The number of carboxylic acid groups (broad SMARTS) is 2. The third kappa shape index (κ3) is 6.21. The second-order valence-corrected chi connectivity index (χ2v) is 9.36. The molecule has 2 aromatic carbocycles. The number of ether oxygens (including phenoxy) is 2. The van der Waals surface area contributed by atoms with E-state index in [2.05, 4.69) is 5.32 Å². The fourth-order valence-electron chi connectivity index (χ4n) is 3.87. The molecule has 35 heavy (non-hydrogen) atoms. The quantitative estimate of drug-likeness (QED) is 0.289. The van der Waals surface area contributed by atoms with Gasteiger partial charge in [-0.3, -0.25) is 9.59 Å². The highest BCUT2D eigenvalue weighted by atomic mass is 32.2. The maximum Gasteiger partial charge on any atom is 0.332 e. The lowest BCUT2D eigenvalue weighted by Crippen LogP contribution is -2.32. The third-order valence-corrected chi connectivity index (χ3v) is 6.66. The predicted octanol–water partition coefficient (Wildman–Crippen LogP) is 4.15. The van der Waals surface area contributed by atoms with Crippen molar-refractivity contribution in [2.24, 2.45) is 5.41 Å². The topological polar surface area (TPSA) is 139 Å². The summed E-state index contributed by atoms with van der Waals surface area (Å²) in [5.74, 6) is -3.74. The number of fused-ring (bicyclic) bond motifs is 1. The monoisotopic (exact) mass is 499 g/mol. The van der Waals surface area contributed by atoms with Gasteiger partial charge in [-0.1, -0.05) is 36.9 Å². The van der Waals surface area contributed by atoms with E-state index < -0.39 is 29.3 Å². The summed E-state index contributed by atoms with van der Waals surface area (Å²) in [4.78, 5) is 48.3. The minimum Gasteiger partial charge on any atom is -0.478 e. The van der Waals surface area contributed by atoms with Gasteiger partial charge < -0.3 is 25.0 Å². The first-order valence-electron chi connectivity index (χ1n) is 10.7. The van der Waals surface area contributed by atoms with Gasteiger partial charge in [0.15, 0.2) is 11.5 Å². The zero-order chi connectivity index (χ0) is 25.8. The van der Waals surface area contributed by atoms with Gasteiger partial charge >= 0.3 is 23.9 Å². The molecule has 0 radical (unpaired) electrons. The Morgan fingerprint density at radius 1 is 1.06 bits per heavy atom. The van der Waals surface area contributed by atoms with Crippen LogP contribution in [0.1, 0.15) is 32.8 Å². The van der Waals surface area contributed by atoms with Gasteiger partial charge in [-0.25, -0.2) is 9.59 Å². The van der Waals surface area contributed by atoms with Crippen molar-refractivity contribution in [3.05, 3.63) is 53.6 Å². The van der Waals surface area contributed by atoms with Crippen LogP contribution >= 0.6 is 11.8 Å². The minimum atomic E-state index is -1.35. The molecule has 0 saturated carbocycles. The highest BCUT2D eigenvalue weighted by Gasteiger charge is 2.37. The number of hydrogen-bond acceptors (Lipinski definition) is 8. The molecule has 1 aliphatic heterocycles. The summed E-state index contributed by atoms with van der Waals surface area (Å²) in [6.07, 6.45) is 1.36. The normalized spacial score (nSPS) is 17.4. The van der Waals surface area contributed by atoms with Gasteiger partial charge in [-0.2, -0.15) is 0 Å². The van der Waals surface area contributed by atoms with Gasteiger partial charge in [-0.15, -0.1) is 0 Å². The lowest BCUT2D eigenvalue weighted by atomic mass is 9.77. The molecule has 184 valence electrons. The van der Waals surface area contributed by atoms with Crippen molar-refractivity contribution in [1.29, 1.82) is 0 Å². The van der Waals surface area contributed by atoms with Crippen LogP contribution in [0.3, 0.4) is 0 Å². The van der Waals surface area contributed by atoms with Gasteiger partial charge in [-0.05, 0) is 30.5 Å². The summed E-state index contributed by atoms with van der Waals surface area (Å²) in [6, 6.07) is 10.9.